The second kappa shape index (κ2) is 9.07. The van der Waals surface area contributed by atoms with E-state index in [0.717, 1.165) is 24.9 Å². The quantitative estimate of drug-likeness (QED) is 0.671. The fourth-order valence-corrected chi connectivity index (χ4v) is 5.47. The zero-order valence-electron chi connectivity index (χ0n) is 16.1. The maximum atomic E-state index is 12.7. The van der Waals surface area contributed by atoms with Crippen molar-refractivity contribution in [3.8, 4) is 0 Å². The first-order valence-electron chi connectivity index (χ1n) is 9.35. The number of piperidine rings is 1. The molecule has 8 heteroatoms. The fourth-order valence-electron chi connectivity index (χ4n) is 3.13. The van der Waals surface area contributed by atoms with Crippen LogP contribution in [0.5, 0.6) is 0 Å². The van der Waals surface area contributed by atoms with Gasteiger partial charge in [-0.3, -0.25) is 4.79 Å². The van der Waals surface area contributed by atoms with Crippen LogP contribution in [-0.4, -0.2) is 49.0 Å². The molecule has 1 amide bonds. The van der Waals surface area contributed by atoms with Gasteiger partial charge in [-0.25, -0.2) is 13.4 Å². The summed E-state index contributed by atoms with van der Waals surface area (Å²) in [6, 6.07) is 12.7. The number of hydrogen-bond donors (Lipinski definition) is 0. The SMILES string of the molecule is C[C@@H](Sc1ccc(S(=O)(=O)N2CCCCC2)cn1)C(=O)N(C)c1ccccc1. The van der Waals surface area contributed by atoms with Gasteiger partial charge < -0.3 is 4.90 Å². The second-order valence-electron chi connectivity index (χ2n) is 6.79. The lowest BCUT2D eigenvalue weighted by atomic mass is 10.2. The van der Waals surface area contributed by atoms with Crippen LogP contribution in [0.3, 0.4) is 0 Å². The van der Waals surface area contributed by atoms with Gasteiger partial charge in [-0.05, 0) is 44.0 Å². The average Bonchev–Trinajstić information content (AvgIpc) is 2.74. The van der Waals surface area contributed by atoms with Crippen molar-refractivity contribution in [2.75, 3.05) is 25.0 Å². The van der Waals surface area contributed by atoms with Gasteiger partial charge >= 0.3 is 0 Å². The molecule has 6 nitrogen and oxygen atoms in total. The molecule has 0 bridgehead atoms. The van der Waals surface area contributed by atoms with E-state index in [9.17, 15) is 13.2 Å². The summed E-state index contributed by atoms with van der Waals surface area (Å²) >= 11 is 1.32. The second-order valence-corrected chi connectivity index (χ2v) is 10.1. The van der Waals surface area contributed by atoms with Crippen LogP contribution in [0.25, 0.3) is 0 Å². The maximum absolute atomic E-state index is 12.7. The van der Waals surface area contributed by atoms with Crippen LogP contribution < -0.4 is 4.90 Å². The minimum absolute atomic E-state index is 0.0389. The number of aromatic nitrogens is 1. The Labute approximate surface area is 171 Å². The Hall–Kier alpha value is -1.90. The maximum Gasteiger partial charge on any atom is 0.244 e. The summed E-state index contributed by atoms with van der Waals surface area (Å²) in [7, 11) is -1.74. The zero-order chi connectivity index (χ0) is 20.1. The van der Waals surface area contributed by atoms with E-state index in [2.05, 4.69) is 4.98 Å². The molecule has 1 aliphatic rings. The number of amides is 1. The molecule has 0 spiro atoms. The standard InChI is InChI=1S/C20H25N3O3S2/c1-16(20(24)22(2)17-9-5-3-6-10-17)27-19-12-11-18(15-21-19)28(25,26)23-13-7-4-8-14-23/h3,5-6,9-12,15-16H,4,7-8,13-14H2,1-2H3/t16-/m1/s1. The highest BCUT2D eigenvalue weighted by Crippen LogP contribution is 2.26. The van der Waals surface area contributed by atoms with E-state index < -0.39 is 10.0 Å². The highest BCUT2D eigenvalue weighted by atomic mass is 32.2. The van der Waals surface area contributed by atoms with Crippen LogP contribution in [0, 0.1) is 0 Å². The minimum Gasteiger partial charge on any atom is -0.315 e. The van der Waals surface area contributed by atoms with Crippen molar-refractivity contribution in [2.24, 2.45) is 0 Å². The Kier molecular flexibility index (Phi) is 6.74. The number of thioether (sulfide) groups is 1. The Bertz CT molecular complexity index is 896. The van der Waals surface area contributed by atoms with Crippen LogP contribution in [0.4, 0.5) is 5.69 Å². The highest BCUT2D eigenvalue weighted by molar-refractivity contribution is 8.00. The van der Waals surface area contributed by atoms with E-state index in [4.69, 9.17) is 0 Å². The van der Waals surface area contributed by atoms with E-state index in [0.29, 0.717) is 18.1 Å². The fraction of sp³-hybridized carbons (Fsp3) is 0.400. The molecular formula is C20H25N3O3S2. The molecule has 2 heterocycles. The summed E-state index contributed by atoms with van der Waals surface area (Å²) in [6.45, 7) is 2.96. The van der Waals surface area contributed by atoms with Crippen molar-refractivity contribution >= 4 is 33.4 Å². The van der Waals surface area contributed by atoms with Gasteiger partial charge in [0.2, 0.25) is 15.9 Å². The van der Waals surface area contributed by atoms with Gasteiger partial charge in [0.1, 0.15) is 4.90 Å². The molecule has 3 rings (SSSR count). The molecule has 0 unspecified atom stereocenters. The average molecular weight is 420 g/mol. The number of carbonyl (C=O) groups excluding carboxylic acids is 1. The van der Waals surface area contributed by atoms with Crippen LogP contribution in [0.2, 0.25) is 0 Å². The topological polar surface area (TPSA) is 70.6 Å². The van der Waals surface area contributed by atoms with Crippen LogP contribution in [0.15, 0.2) is 58.6 Å². The molecule has 0 aliphatic carbocycles. The number of rotatable bonds is 6. The van der Waals surface area contributed by atoms with Gasteiger partial charge in [-0.15, -0.1) is 0 Å². The van der Waals surface area contributed by atoms with E-state index in [-0.39, 0.29) is 16.1 Å². The number of sulfonamides is 1. The monoisotopic (exact) mass is 419 g/mol. The molecule has 1 aliphatic heterocycles. The molecule has 1 aromatic carbocycles. The summed E-state index contributed by atoms with van der Waals surface area (Å²) in [5.74, 6) is -0.0389. The lowest BCUT2D eigenvalue weighted by molar-refractivity contribution is -0.117. The van der Waals surface area contributed by atoms with Gasteiger partial charge in [0.25, 0.3) is 0 Å². The molecule has 2 aromatic rings. The smallest absolute Gasteiger partial charge is 0.244 e. The molecule has 0 saturated carbocycles. The number of hydrogen-bond acceptors (Lipinski definition) is 5. The molecule has 28 heavy (non-hydrogen) atoms. The van der Waals surface area contributed by atoms with Gasteiger partial charge in [-0.1, -0.05) is 36.4 Å². The van der Waals surface area contributed by atoms with Crippen LogP contribution in [0.1, 0.15) is 26.2 Å². The summed E-state index contributed by atoms with van der Waals surface area (Å²) < 4.78 is 26.9. The van der Waals surface area contributed by atoms with E-state index in [1.165, 1.54) is 22.3 Å². The van der Waals surface area contributed by atoms with Crippen molar-refractivity contribution in [1.29, 1.82) is 0 Å². The Morgan fingerprint density at radius 3 is 2.39 bits per heavy atom. The van der Waals surface area contributed by atoms with Gasteiger partial charge in [0, 0.05) is 32.0 Å². The van der Waals surface area contributed by atoms with Crippen LogP contribution in [-0.2, 0) is 14.8 Å². The lowest BCUT2D eigenvalue weighted by Gasteiger charge is -2.25. The third-order valence-electron chi connectivity index (χ3n) is 4.78. The summed E-state index contributed by atoms with van der Waals surface area (Å²) in [6.07, 6.45) is 4.26. The molecule has 1 atom stereocenters. The van der Waals surface area contributed by atoms with Gasteiger partial charge in [-0.2, -0.15) is 4.31 Å². The predicted octanol–water partition coefficient (Wildman–Crippen LogP) is 3.40. The van der Waals surface area contributed by atoms with Gasteiger partial charge in [0.15, 0.2) is 0 Å². The first-order chi connectivity index (χ1) is 13.4. The third-order valence-corrected chi connectivity index (χ3v) is 7.70. The van der Waals surface area contributed by atoms with Crippen molar-refractivity contribution < 1.29 is 13.2 Å². The van der Waals surface area contributed by atoms with Crippen molar-refractivity contribution in [3.05, 3.63) is 48.7 Å². The molecule has 1 fully saturated rings. The number of benzene rings is 1. The van der Waals surface area contributed by atoms with E-state index >= 15 is 0 Å². The third kappa shape index (κ3) is 4.74. The predicted molar refractivity (Wildman–Crippen MR) is 112 cm³/mol. The Morgan fingerprint density at radius 2 is 1.79 bits per heavy atom. The number of pyridine rings is 1. The molecular weight excluding hydrogens is 394 g/mol. The molecule has 1 aromatic heterocycles. The largest absolute Gasteiger partial charge is 0.315 e. The van der Waals surface area contributed by atoms with Gasteiger partial charge in [0.05, 0.1) is 10.3 Å². The molecule has 150 valence electrons. The summed E-state index contributed by atoms with van der Waals surface area (Å²) in [5.41, 5.74) is 0.830. The first-order valence-corrected chi connectivity index (χ1v) is 11.7. The summed E-state index contributed by atoms with van der Waals surface area (Å²) in [5, 5.41) is 0.280. The number of para-hydroxylation sites is 1. The van der Waals surface area contributed by atoms with Crippen molar-refractivity contribution in [2.45, 2.75) is 41.4 Å². The summed E-state index contributed by atoms with van der Waals surface area (Å²) in [4.78, 5) is 18.8. The normalized spacial score (nSPS) is 16.5. The first kappa shape index (κ1) is 20.8. The number of anilines is 1. The van der Waals surface area contributed by atoms with Crippen molar-refractivity contribution in [1.82, 2.24) is 9.29 Å². The van der Waals surface area contributed by atoms with Crippen molar-refractivity contribution in [3.63, 3.8) is 0 Å². The minimum atomic E-state index is -3.49. The van der Waals surface area contributed by atoms with Crippen LogP contribution >= 0.6 is 11.8 Å². The number of carbonyl (C=O) groups is 1. The lowest BCUT2D eigenvalue weighted by Crippen LogP contribution is -2.35. The highest BCUT2D eigenvalue weighted by Gasteiger charge is 2.26. The molecule has 0 radical (unpaired) electrons. The Balaban J connectivity index is 1.66. The van der Waals surface area contributed by atoms with E-state index in [1.807, 2.05) is 37.3 Å². The zero-order valence-corrected chi connectivity index (χ0v) is 17.7. The van der Waals surface area contributed by atoms with E-state index in [1.54, 1.807) is 24.1 Å². The molecule has 0 N–H and O–H groups in total. The molecule has 1 saturated heterocycles. The Morgan fingerprint density at radius 1 is 1.11 bits per heavy atom. The number of nitrogens with zero attached hydrogens (tertiary/aromatic N) is 3.